The molecule has 0 heterocycles. The second kappa shape index (κ2) is 3.72. The first-order chi connectivity index (χ1) is 7.75. The summed E-state index contributed by atoms with van der Waals surface area (Å²) in [4.78, 5) is 0. The zero-order valence-electron chi connectivity index (χ0n) is 10.0. The first-order valence-corrected chi connectivity index (χ1v) is 5.61. The Morgan fingerprint density at radius 1 is 0.824 bits per heavy atom. The second-order valence-corrected chi connectivity index (χ2v) is 5.57. The van der Waals surface area contributed by atoms with Crippen molar-refractivity contribution in [2.45, 2.75) is 44.9 Å². The van der Waals surface area contributed by atoms with E-state index in [0.717, 1.165) is 0 Å². The highest BCUT2D eigenvalue weighted by Crippen LogP contribution is 2.45. The van der Waals surface area contributed by atoms with Crippen LogP contribution in [-0.2, 0) is 5.41 Å². The van der Waals surface area contributed by atoms with Crippen LogP contribution < -0.4 is 0 Å². The standard InChI is InChI=1S/C13H14F4/c1-13(2,3)8-11(16)9(14)7(6-4-5-6)10(15)12(8)17/h6H,4-5H2,1-3H3. The molecule has 2 rings (SSSR count). The molecule has 0 atom stereocenters. The predicted octanol–water partition coefficient (Wildman–Crippen LogP) is 4.42. The summed E-state index contributed by atoms with van der Waals surface area (Å²) in [5.41, 5.74) is -1.91. The monoisotopic (exact) mass is 246 g/mol. The zero-order valence-corrected chi connectivity index (χ0v) is 10.0. The van der Waals surface area contributed by atoms with Crippen LogP contribution >= 0.6 is 0 Å². The van der Waals surface area contributed by atoms with Crippen molar-refractivity contribution in [1.82, 2.24) is 0 Å². The molecule has 0 N–H and O–H groups in total. The summed E-state index contributed by atoms with van der Waals surface area (Å²) >= 11 is 0. The van der Waals surface area contributed by atoms with Crippen molar-refractivity contribution in [2.75, 3.05) is 0 Å². The van der Waals surface area contributed by atoms with Crippen LogP contribution in [0.5, 0.6) is 0 Å². The zero-order chi connectivity index (χ0) is 13.0. The second-order valence-electron chi connectivity index (χ2n) is 5.57. The molecule has 4 heteroatoms. The van der Waals surface area contributed by atoms with E-state index in [1.807, 2.05) is 0 Å². The fourth-order valence-corrected chi connectivity index (χ4v) is 2.04. The number of halogens is 4. The van der Waals surface area contributed by atoms with Gasteiger partial charge < -0.3 is 0 Å². The van der Waals surface area contributed by atoms with E-state index in [4.69, 9.17) is 0 Å². The van der Waals surface area contributed by atoms with Gasteiger partial charge in [-0.15, -0.1) is 0 Å². The highest BCUT2D eigenvalue weighted by atomic mass is 19.2. The topological polar surface area (TPSA) is 0 Å². The smallest absolute Gasteiger partial charge is 0.165 e. The molecule has 0 unspecified atom stereocenters. The lowest BCUT2D eigenvalue weighted by Crippen LogP contribution is -2.20. The maximum Gasteiger partial charge on any atom is 0.165 e. The maximum atomic E-state index is 13.8. The van der Waals surface area contributed by atoms with E-state index in [0.29, 0.717) is 12.8 Å². The lowest BCUT2D eigenvalue weighted by Gasteiger charge is -2.22. The minimum atomic E-state index is -1.25. The molecule has 1 aromatic rings. The fourth-order valence-electron chi connectivity index (χ4n) is 2.04. The molecule has 0 aromatic heterocycles. The SMILES string of the molecule is CC(C)(C)c1c(F)c(F)c(C2CC2)c(F)c1F. The van der Waals surface area contributed by atoms with Crippen molar-refractivity contribution in [3.05, 3.63) is 34.4 Å². The average Bonchev–Trinajstić information content (AvgIpc) is 2.97. The number of rotatable bonds is 1. The normalized spacial score (nSPS) is 16.4. The number of hydrogen-bond acceptors (Lipinski definition) is 0. The molecule has 0 amide bonds. The Bertz CT molecular complexity index is 438. The van der Waals surface area contributed by atoms with Crippen molar-refractivity contribution >= 4 is 0 Å². The molecule has 17 heavy (non-hydrogen) atoms. The molecule has 0 spiro atoms. The van der Waals surface area contributed by atoms with E-state index >= 15 is 0 Å². The minimum absolute atomic E-state index is 0.368. The van der Waals surface area contributed by atoms with Gasteiger partial charge in [-0.1, -0.05) is 20.8 Å². The van der Waals surface area contributed by atoms with Gasteiger partial charge in [0.05, 0.1) is 0 Å². The summed E-state index contributed by atoms with van der Waals surface area (Å²) in [5, 5.41) is 0. The largest absolute Gasteiger partial charge is 0.203 e. The molecule has 1 saturated carbocycles. The van der Waals surface area contributed by atoms with Gasteiger partial charge >= 0.3 is 0 Å². The summed E-state index contributed by atoms with van der Waals surface area (Å²) in [5.74, 6) is -5.32. The van der Waals surface area contributed by atoms with Crippen molar-refractivity contribution in [3.8, 4) is 0 Å². The van der Waals surface area contributed by atoms with Crippen LogP contribution in [0.1, 0.15) is 50.7 Å². The van der Waals surface area contributed by atoms with Gasteiger partial charge in [-0.2, -0.15) is 0 Å². The first kappa shape index (κ1) is 12.4. The molecule has 1 fully saturated rings. The van der Waals surface area contributed by atoms with Crippen LogP contribution in [0.4, 0.5) is 17.6 Å². The van der Waals surface area contributed by atoms with Crippen LogP contribution in [0.25, 0.3) is 0 Å². The van der Waals surface area contributed by atoms with Crippen LogP contribution in [-0.4, -0.2) is 0 Å². The van der Waals surface area contributed by atoms with Crippen molar-refractivity contribution < 1.29 is 17.6 Å². The summed E-state index contributed by atoms with van der Waals surface area (Å²) in [7, 11) is 0. The van der Waals surface area contributed by atoms with E-state index in [1.54, 1.807) is 0 Å². The van der Waals surface area contributed by atoms with E-state index in [-0.39, 0.29) is 5.92 Å². The summed E-state index contributed by atoms with van der Waals surface area (Å²) < 4.78 is 55.1. The fraction of sp³-hybridized carbons (Fsp3) is 0.538. The molecular formula is C13H14F4. The van der Waals surface area contributed by atoms with Crippen molar-refractivity contribution in [3.63, 3.8) is 0 Å². The summed E-state index contributed by atoms with van der Waals surface area (Å²) in [6, 6.07) is 0. The molecule has 0 bridgehead atoms. The molecular weight excluding hydrogens is 232 g/mol. The maximum absolute atomic E-state index is 13.8. The molecule has 1 aliphatic carbocycles. The van der Waals surface area contributed by atoms with Gasteiger partial charge in [0, 0.05) is 11.1 Å². The Balaban J connectivity index is 2.72. The van der Waals surface area contributed by atoms with E-state index in [2.05, 4.69) is 0 Å². The quantitative estimate of drug-likeness (QED) is 0.508. The lowest BCUT2D eigenvalue weighted by atomic mass is 9.84. The van der Waals surface area contributed by atoms with Crippen LogP contribution in [0.2, 0.25) is 0 Å². The van der Waals surface area contributed by atoms with Gasteiger partial charge in [0.25, 0.3) is 0 Å². The van der Waals surface area contributed by atoms with Gasteiger partial charge in [0.1, 0.15) is 0 Å². The number of hydrogen-bond donors (Lipinski definition) is 0. The highest BCUT2D eigenvalue weighted by molar-refractivity contribution is 5.37. The molecule has 0 saturated heterocycles. The Labute approximate surface area is 97.6 Å². The van der Waals surface area contributed by atoms with E-state index < -0.39 is 39.8 Å². The number of benzene rings is 1. The van der Waals surface area contributed by atoms with Gasteiger partial charge in [-0.25, -0.2) is 17.6 Å². The van der Waals surface area contributed by atoms with Gasteiger partial charge in [-0.3, -0.25) is 0 Å². The first-order valence-electron chi connectivity index (χ1n) is 5.61. The molecule has 94 valence electrons. The molecule has 0 radical (unpaired) electrons. The Morgan fingerprint density at radius 3 is 1.53 bits per heavy atom. The van der Waals surface area contributed by atoms with E-state index in [9.17, 15) is 17.6 Å². The van der Waals surface area contributed by atoms with Gasteiger partial charge in [0.15, 0.2) is 23.3 Å². The summed E-state index contributed by atoms with van der Waals surface area (Å²) in [6.45, 7) is 4.55. The Kier molecular flexibility index (Phi) is 2.71. The van der Waals surface area contributed by atoms with Crippen molar-refractivity contribution in [2.24, 2.45) is 0 Å². The third-order valence-corrected chi connectivity index (χ3v) is 3.03. The average molecular weight is 246 g/mol. The third-order valence-electron chi connectivity index (χ3n) is 3.03. The lowest BCUT2D eigenvalue weighted by molar-refractivity contribution is 0.395. The molecule has 1 aliphatic rings. The van der Waals surface area contributed by atoms with Gasteiger partial charge in [0.2, 0.25) is 0 Å². The van der Waals surface area contributed by atoms with Gasteiger partial charge in [-0.05, 0) is 24.2 Å². The third kappa shape index (κ3) is 1.94. The highest BCUT2D eigenvalue weighted by Gasteiger charge is 2.37. The van der Waals surface area contributed by atoms with E-state index in [1.165, 1.54) is 20.8 Å². The summed E-state index contributed by atoms with van der Waals surface area (Å²) in [6.07, 6.45) is 1.17. The molecule has 0 aliphatic heterocycles. The predicted molar refractivity (Wildman–Crippen MR) is 56.9 cm³/mol. The Morgan fingerprint density at radius 2 is 1.24 bits per heavy atom. The van der Waals surface area contributed by atoms with Crippen molar-refractivity contribution in [1.29, 1.82) is 0 Å². The van der Waals surface area contributed by atoms with Crippen LogP contribution in [0.3, 0.4) is 0 Å². The Hall–Kier alpha value is -1.06. The molecule has 1 aromatic carbocycles. The minimum Gasteiger partial charge on any atom is -0.203 e. The van der Waals surface area contributed by atoms with Crippen LogP contribution in [0.15, 0.2) is 0 Å². The molecule has 0 nitrogen and oxygen atoms in total. The van der Waals surface area contributed by atoms with Crippen LogP contribution in [0, 0.1) is 23.3 Å².